The molecule has 0 aliphatic carbocycles. The highest BCUT2D eigenvalue weighted by Crippen LogP contribution is 2.30. The molecule has 2 rings (SSSR count). The zero-order valence-electron chi connectivity index (χ0n) is 15.2. The van der Waals surface area contributed by atoms with Crippen LogP contribution in [0.25, 0.3) is 0 Å². The van der Waals surface area contributed by atoms with Gasteiger partial charge in [-0.2, -0.15) is 4.31 Å². The first-order valence-electron chi connectivity index (χ1n) is 8.82. The summed E-state index contributed by atoms with van der Waals surface area (Å²) < 4.78 is 32.6. The summed E-state index contributed by atoms with van der Waals surface area (Å²) in [6.45, 7) is 5.32. The van der Waals surface area contributed by atoms with E-state index in [1.807, 2.05) is 13.0 Å². The van der Waals surface area contributed by atoms with Crippen LogP contribution in [0.15, 0.2) is 23.1 Å². The molecule has 1 aromatic rings. The Morgan fingerprint density at radius 2 is 2.00 bits per heavy atom. The summed E-state index contributed by atoms with van der Waals surface area (Å²) >= 11 is 0. The van der Waals surface area contributed by atoms with Gasteiger partial charge in [-0.15, -0.1) is 0 Å². The molecule has 0 unspecified atom stereocenters. The molecule has 1 N–H and O–H groups in total. The molecule has 140 valence electrons. The fourth-order valence-electron chi connectivity index (χ4n) is 3.02. The van der Waals surface area contributed by atoms with E-state index in [2.05, 4.69) is 12.2 Å². The van der Waals surface area contributed by atoms with Crippen LogP contribution in [0.3, 0.4) is 0 Å². The third-order valence-corrected chi connectivity index (χ3v) is 6.51. The molecule has 1 aliphatic heterocycles. The lowest BCUT2D eigenvalue weighted by molar-refractivity contribution is -0.126. The van der Waals surface area contributed by atoms with Crippen LogP contribution in [0.2, 0.25) is 0 Å². The maximum Gasteiger partial charge on any atom is 0.246 e. The molecule has 0 bridgehead atoms. The van der Waals surface area contributed by atoms with Gasteiger partial charge in [0.1, 0.15) is 10.6 Å². The van der Waals surface area contributed by atoms with Crippen LogP contribution in [-0.2, 0) is 14.8 Å². The van der Waals surface area contributed by atoms with Crippen LogP contribution in [-0.4, -0.2) is 45.4 Å². The molecule has 0 atom stereocenters. The number of nitrogens with zero attached hydrogens (tertiary/aromatic N) is 1. The Kier molecular flexibility index (Phi) is 6.84. The van der Waals surface area contributed by atoms with Crippen molar-refractivity contribution in [3.05, 3.63) is 23.8 Å². The first-order valence-corrected chi connectivity index (χ1v) is 10.3. The lowest BCUT2D eigenvalue weighted by atomic mass is 9.97. The number of aryl methyl sites for hydroxylation is 1. The molecule has 1 saturated heterocycles. The Morgan fingerprint density at radius 1 is 1.32 bits per heavy atom. The molecular weight excluding hydrogens is 340 g/mol. The lowest BCUT2D eigenvalue weighted by Crippen LogP contribution is -2.43. The molecule has 0 aromatic heterocycles. The van der Waals surface area contributed by atoms with Crippen molar-refractivity contribution in [1.29, 1.82) is 0 Å². The molecular formula is C18H28N2O4S. The number of unbranched alkanes of at least 4 members (excludes halogenated alkanes) is 1. The van der Waals surface area contributed by atoms with Crippen molar-refractivity contribution < 1.29 is 17.9 Å². The summed E-state index contributed by atoms with van der Waals surface area (Å²) in [7, 11) is -2.15. The monoisotopic (exact) mass is 368 g/mol. The van der Waals surface area contributed by atoms with Crippen molar-refractivity contribution in [2.75, 3.05) is 26.7 Å². The number of carbonyl (C=O) groups is 1. The zero-order valence-corrected chi connectivity index (χ0v) is 16.1. The Hall–Kier alpha value is -1.60. The number of piperidine rings is 1. The second-order valence-corrected chi connectivity index (χ2v) is 8.38. The van der Waals surface area contributed by atoms with Crippen LogP contribution in [0.4, 0.5) is 0 Å². The van der Waals surface area contributed by atoms with Gasteiger partial charge in [0.15, 0.2) is 0 Å². The molecule has 1 aliphatic rings. The highest BCUT2D eigenvalue weighted by atomic mass is 32.2. The van der Waals surface area contributed by atoms with E-state index >= 15 is 0 Å². The van der Waals surface area contributed by atoms with Crippen molar-refractivity contribution in [1.82, 2.24) is 9.62 Å². The van der Waals surface area contributed by atoms with E-state index in [1.165, 1.54) is 11.4 Å². The van der Waals surface area contributed by atoms with Gasteiger partial charge in [0.25, 0.3) is 0 Å². The molecule has 0 saturated carbocycles. The quantitative estimate of drug-likeness (QED) is 0.750. The van der Waals surface area contributed by atoms with Crippen LogP contribution in [0.1, 0.15) is 38.2 Å². The van der Waals surface area contributed by atoms with E-state index in [0.29, 0.717) is 38.2 Å². The number of nitrogens with one attached hydrogen (secondary N) is 1. The molecule has 0 radical (unpaired) electrons. The largest absolute Gasteiger partial charge is 0.495 e. The number of sulfonamides is 1. The minimum atomic E-state index is -3.62. The van der Waals surface area contributed by atoms with Crippen molar-refractivity contribution in [3.63, 3.8) is 0 Å². The topological polar surface area (TPSA) is 75.7 Å². The van der Waals surface area contributed by atoms with Gasteiger partial charge in [0, 0.05) is 25.6 Å². The average Bonchev–Trinajstić information content (AvgIpc) is 2.62. The standard InChI is InChI=1S/C18H28N2O4S/c1-4-5-10-19-18(21)15-8-11-20(12-9-15)25(22,23)17-13-14(2)6-7-16(17)24-3/h6-7,13,15H,4-5,8-12H2,1-3H3,(H,19,21). The molecule has 6 nitrogen and oxygen atoms in total. The number of rotatable bonds is 7. The number of benzene rings is 1. The normalized spacial score (nSPS) is 16.6. The van der Waals surface area contributed by atoms with Crippen molar-refractivity contribution in [2.24, 2.45) is 5.92 Å². The molecule has 1 heterocycles. The van der Waals surface area contributed by atoms with Crippen LogP contribution >= 0.6 is 0 Å². The van der Waals surface area contributed by atoms with Gasteiger partial charge in [-0.3, -0.25) is 4.79 Å². The first-order chi connectivity index (χ1) is 11.9. The molecule has 25 heavy (non-hydrogen) atoms. The van der Waals surface area contributed by atoms with E-state index in [9.17, 15) is 13.2 Å². The maximum atomic E-state index is 13.0. The van der Waals surface area contributed by atoms with E-state index in [0.717, 1.165) is 18.4 Å². The van der Waals surface area contributed by atoms with Crippen LogP contribution in [0, 0.1) is 12.8 Å². The summed E-state index contributed by atoms with van der Waals surface area (Å²) in [6.07, 6.45) is 3.10. The van der Waals surface area contributed by atoms with Crippen LogP contribution < -0.4 is 10.1 Å². The van der Waals surface area contributed by atoms with Crippen molar-refractivity contribution >= 4 is 15.9 Å². The van der Waals surface area contributed by atoms with E-state index in [1.54, 1.807) is 12.1 Å². The van der Waals surface area contributed by atoms with Gasteiger partial charge in [-0.1, -0.05) is 19.4 Å². The summed E-state index contributed by atoms with van der Waals surface area (Å²) in [4.78, 5) is 12.3. The molecule has 1 fully saturated rings. The third kappa shape index (κ3) is 4.73. The van der Waals surface area contributed by atoms with Gasteiger partial charge in [-0.05, 0) is 43.9 Å². The van der Waals surface area contributed by atoms with Crippen molar-refractivity contribution in [2.45, 2.75) is 44.4 Å². The Morgan fingerprint density at radius 3 is 2.60 bits per heavy atom. The number of carbonyl (C=O) groups excluding carboxylic acids is 1. The van der Waals surface area contributed by atoms with Gasteiger partial charge < -0.3 is 10.1 Å². The highest BCUT2D eigenvalue weighted by Gasteiger charge is 2.33. The Bertz CT molecular complexity index is 695. The van der Waals surface area contributed by atoms with E-state index in [-0.39, 0.29) is 16.7 Å². The predicted octanol–water partition coefficient (Wildman–Crippen LogP) is 2.32. The molecule has 7 heteroatoms. The number of hydrogen-bond acceptors (Lipinski definition) is 4. The second-order valence-electron chi connectivity index (χ2n) is 6.48. The predicted molar refractivity (Wildman–Crippen MR) is 97.1 cm³/mol. The minimum Gasteiger partial charge on any atom is -0.495 e. The Labute approximate surface area is 150 Å². The smallest absolute Gasteiger partial charge is 0.246 e. The van der Waals surface area contributed by atoms with Crippen molar-refractivity contribution in [3.8, 4) is 5.75 Å². The fourth-order valence-corrected chi connectivity index (χ4v) is 4.73. The van der Waals surface area contributed by atoms with Crippen LogP contribution in [0.5, 0.6) is 5.75 Å². The highest BCUT2D eigenvalue weighted by molar-refractivity contribution is 7.89. The number of methoxy groups -OCH3 is 1. The zero-order chi connectivity index (χ0) is 18.4. The minimum absolute atomic E-state index is 0.0404. The SMILES string of the molecule is CCCCNC(=O)C1CCN(S(=O)(=O)c2cc(C)ccc2OC)CC1. The lowest BCUT2D eigenvalue weighted by Gasteiger charge is -2.31. The summed E-state index contributed by atoms with van der Waals surface area (Å²) in [5.74, 6) is 0.284. The summed E-state index contributed by atoms with van der Waals surface area (Å²) in [6, 6.07) is 5.14. The summed E-state index contributed by atoms with van der Waals surface area (Å²) in [5.41, 5.74) is 0.865. The Balaban J connectivity index is 2.04. The fraction of sp³-hybridized carbons (Fsp3) is 0.611. The average molecular weight is 368 g/mol. The van der Waals surface area contributed by atoms with E-state index in [4.69, 9.17) is 4.74 Å². The molecule has 0 spiro atoms. The first kappa shape index (κ1) is 19.7. The molecule has 1 aromatic carbocycles. The van der Waals surface area contributed by atoms with E-state index < -0.39 is 10.0 Å². The summed E-state index contributed by atoms with van der Waals surface area (Å²) in [5, 5.41) is 2.94. The van der Waals surface area contributed by atoms with Gasteiger partial charge in [-0.25, -0.2) is 8.42 Å². The number of amides is 1. The molecule has 1 amide bonds. The van der Waals surface area contributed by atoms with Gasteiger partial charge >= 0.3 is 0 Å². The van der Waals surface area contributed by atoms with Gasteiger partial charge in [0.05, 0.1) is 7.11 Å². The number of hydrogen-bond donors (Lipinski definition) is 1. The third-order valence-electron chi connectivity index (χ3n) is 4.59. The number of ether oxygens (including phenoxy) is 1. The maximum absolute atomic E-state index is 13.0. The second kappa shape index (κ2) is 8.67. The van der Waals surface area contributed by atoms with Gasteiger partial charge in [0.2, 0.25) is 15.9 Å².